The number of aliphatic hydroxyl groups is 1. The topological polar surface area (TPSA) is 40.5 Å². The Morgan fingerprint density at radius 1 is 1.24 bits per heavy atom. The van der Waals surface area contributed by atoms with Crippen molar-refractivity contribution in [1.29, 1.82) is 0 Å². The predicted molar refractivity (Wildman–Crippen MR) is 83.3 cm³/mol. The molecular weight excluding hydrogens is 262 g/mol. The highest BCUT2D eigenvalue weighted by Crippen LogP contribution is 2.40. The molecule has 1 saturated heterocycles. The van der Waals surface area contributed by atoms with Crippen LogP contribution in [0.15, 0.2) is 18.2 Å². The molecule has 1 aliphatic heterocycles. The van der Waals surface area contributed by atoms with Gasteiger partial charge in [0.2, 0.25) is 0 Å². The van der Waals surface area contributed by atoms with Crippen LogP contribution >= 0.6 is 0 Å². The minimum atomic E-state index is -0.516. The summed E-state index contributed by atoms with van der Waals surface area (Å²) >= 11 is 0. The van der Waals surface area contributed by atoms with Crippen LogP contribution in [0.2, 0.25) is 0 Å². The van der Waals surface area contributed by atoms with E-state index in [-0.39, 0.29) is 11.8 Å². The summed E-state index contributed by atoms with van der Waals surface area (Å²) in [6, 6.07) is 5.93. The molecule has 2 fully saturated rings. The molecule has 3 nitrogen and oxygen atoms in total. The molecule has 1 aromatic rings. The van der Waals surface area contributed by atoms with E-state index in [1.807, 2.05) is 30.0 Å². The number of amides is 1. The van der Waals surface area contributed by atoms with Crippen LogP contribution in [0.1, 0.15) is 53.6 Å². The van der Waals surface area contributed by atoms with Crippen LogP contribution < -0.4 is 0 Å². The molecule has 1 amide bonds. The van der Waals surface area contributed by atoms with Crippen molar-refractivity contribution in [3.8, 4) is 0 Å². The van der Waals surface area contributed by atoms with Gasteiger partial charge in [-0.3, -0.25) is 4.79 Å². The van der Waals surface area contributed by atoms with E-state index in [4.69, 9.17) is 0 Å². The number of likely N-dealkylation sites (tertiary alicyclic amines) is 1. The second-order valence-corrected chi connectivity index (χ2v) is 6.85. The third-order valence-corrected chi connectivity index (χ3v) is 5.47. The first-order valence-electron chi connectivity index (χ1n) is 8.08. The predicted octanol–water partition coefficient (Wildman–Crippen LogP) is 3.07. The average molecular weight is 287 g/mol. The molecule has 1 N–H and O–H groups in total. The standard InChI is InChI=1S/C18H25NO2/c1-13-6-7-15(11-14(13)2)17(20)19-10-9-18(21)8-4-3-5-16(18)12-19/h6-7,11,16,21H,3-5,8-10,12H2,1-2H3. The van der Waals surface area contributed by atoms with E-state index in [0.717, 1.165) is 36.8 Å². The van der Waals surface area contributed by atoms with Gasteiger partial charge in [0.25, 0.3) is 5.91 Å². The molecule has 1 heterocycles. The number of carbonyl (C=O) groups excluding carboxylic acids is 1. The van der Waals surface area contributed by atoms with E-state index < -0.39 is 5.60 Å². The Kier molecular flexibility index (Phi) is 3.78. The van der Waals surface area contributed by atoms with E-state index in [1.54, 1.807) is 0 Å². The molecule has 0 aromatic heterocycles. The van der Waals surface area contributed by atoms with Gasteiger partial charge in [0.15, 0.2) is 0 Å². The zero-order chi connectivity index (χ0) is 15.0. The Morgan fingerprint density at radius 3 is 2.81 bits per heavy atom. The molecule has 0 radical (unpaired) electrons. The summed E-state index contributed by atoms with van der Waals surface area (Å²) in [6.07, 6.45) is 4.99. The van der Waals surface area contributed by atoms with Crippen molar-refractivity contribution in [2.75, 3.05) is 13.1 Å². The molecule has 2 atom stereocenters. The summed E-state index contributed by atoms with van der Waals surface area (Å²) < 4.78 is 0. The molecule has 3 rings (SSSR count). The Hall–Kier alpha value is -1.35. The van der Waals surface area contributed by atoms with Crippen LogP contribution in [0.25, 0.3) is 0 Å². The molecular formula is C18H25NO2. The number of carbonyl (C=O) groups is 1. The SMILES string of the molecule is Cc1ccc(C(=O)N2CCC3(O)CCCCC3C2)cc1C. The second kappa shape index (κ2) is 5.45. The van der Waals surface area contributed by atoms with Crippen molar-refractivity contribution in [2.45, 2.75) is 51.6 Å². The van der Waals surface area contributed by atoms with Crippen LogP contribution in [-0.4, -0.2) is 34.6 Å². The van der Waals surface area contributed by atoms with E-state index in [9.17, 15) is 9.90 Å². The van der Waals surface area contributed by atoms with Crippen molar-refractivity contribution >= 4 is 5.91 Å². The minimum Gasteiger partial charge on any atom is -0.389 e. The molecule has 2 aliphatic rings. The fraction of sp³-hybridized carbons (Fsp3) is 0.611. The molecule has 0 bridgehead atoms. The number of rotatable bonds is 1. The van der Waals surface area contributed by atoms with Crippen molar-refractivity contribution in [1.82, 2.24) is 4.90 Å². The normalized spacial score (nSPS) is 29.1. The van der Waals surface area contributed by atoms with Crippen molar-refractivity contribution in [2.24, 2.45) is 5.92 Å². The molecule has 3 heteroatoms. The van der Waals surface area contributed by atoms with Crippen LogP contribution in [-0.2, 0) is 0 Å². The Bertz CT molecular complexity index is 554. The lowest BCUT2D eigenvalue weighted by atomic mass is 9.71. The van der Waals surface area contributed by atoms with Crippen molar-refractivity contribution in [3.63, 3.8) is 0 Å². The minimum absolute atomic E-state index is 0.116. The number of benzene rings is 1. The summed E-state index contributed by atoms with van der Waals surface area (Å²) in [6.45, 7) is 5.50. The van der Waals surface area contributed by atoms with Gasteiger partial charge in [-0.1, -0.05) is 18.9 Å². The number of hydrogen-bond acceptors (Lipinski definition) is 2. The fourth-order valence-electron chi connectivity index (χ4n) is 3.81. The highest BCUT2D eigenvalue weighted by Gasteiger charge is 2.43. The second-order valence-electron chi connectivity index (χ2n) is 6.85. The summed E-state index contributed by atoms with van der Waals surface area (Å²) in [5.41, 5.74) is 2.64. The first-order chi connectivity index (χ1) is 9.99. The molecule has 2 unspecified atom stereocenters. The largest absolute Gasteiger partial charge is 0.389 e. The van der Waals surface area contributed by atoms with Crippen LogP contribution in [0.3, 0.4) is 0 Å². The molecule has 1 aromatic carbocycles. The zero-order valence-corrected chi connectivity index (χ0v) is 13.1. The maximum absolute atomic E-state index is 12.7. The monoisotopic (exact) mass is 287 g/mol. The van der Waals surface area contributed by atoms with E-state index in [0.29, 0.717) is 13.1 Å². The van der Waals surface area contributed by atoms with Gasteiger partial charge in [0.1, 0.15) is 0 Å². The molecule has 1 aliphatic carbocycles. The molecule has 21 heavy (non-hydrogen) atoms. The van der Waals surface area contributed by atoms with Gasteiger partial charge in [-0.25, -0.2) is 0 Å². The number of nitrogens with zero attached hydrogens (tertiary/aromatic N) is 1. The lowest BCUT2D eigenvalue weighted by molar-refractivity contribution is -0.0886. The van der Waals surface area contributed by atoms with E-state index in [1.165, 1.54) is 12.0 Å². The summed E-state index contributed by atoms with van der Waals surface area (Å²) in [7, 11) is 0. The summed E-state index contributed by atoms with van der Waals surface area (Å²) in [4.78, 5) is 14.6. The highest BCUT2D eigenvalue weighted by molar-refractivity contribution is 5.94. The first-order valence-corrected chi connectivity index (χ1v) is 8.08. The number of fused-ring (bicyclic) bond motifs is 1. The number of hydrogen-bond donors (Lipinski definition) is 1. The van der Waals surface area contributed by atoms with E-state index in [2.05, 4.69) is 6.92 Å². The van der Waals surface area contributed by atoms with E-state index >= 15 is 0 Å². The molecule has 0 spiro atoms. The summed E-state index contributed by atoms with van der Waals surface area (Å²) in [5.74, 6) is 0.376. The van der Waals surface area contributed by atoms with Crippen molar-refractivity contribution in [3.05, 3.63) is 34.9 Å². The number of aryl methyl sites for hydroxylation is 2. The third-order valence-electron chi connectivity index (χ3n) is 5.47. The Balaban J connectivity index is 1.75. The quantitative estimate of drug-likeness (QED) is 0.862. The maximum atomic E-state index is 12.7. The fourth-order valence-corrected chi connectivity index (χ4v) is 3.81. The molecule has 1 saturated carbocycles. The summed E-state index contributed by atoms with van der Waals surface area (Å²) in [5, 5.41) is 10.7. The van der Waals surface area contributed by atoms with Gasteiger partial charge in [-0.15, -0.1) is 0 Å². The maximum Gasteiger partial charge on any atom is 0.253 e. The van der Waals surface area contributed by atoms with Gasteiger partial charge in [-0.2, -0.15) is 0 Å². The van der Waals surface area contributed by atoms with Gasteiger partial charge < -0.3 is 10.0 Å². The lowest BCUT2D eigenvalue weighted by Crippen LogP contribution is -2.54. The Morgan fingerprint density at radius 2 is 2.05 bits per heavy atom. The van der Waals surface area contributed by atoms with Gasteiger partial charge >= 0.3 is 0 Å². The van der Waals surface area contributed by atoms with Crippen LogP contribution in [0, 0.1) is 19.8 Å². The van der Waals surface area contributed by atoms with Crippen LogP contribution in [0.5, 0.6) is 0 Å². The Labute approximate surface area is 127 Å². The number of piperidine rings is 1. The van der Waals surface area contributed by atoms with Gasteiger partial charge in [0, 0.05) is 24.6 Å². The van der Waals surface area contributed by atoms with Gasteiger partial charge in [-0.05, 0) is 56.4 Å². The van der Waals surface area contributed by atoms with Crippen molar-refractivity contribution < 1.29 is 9.90 Å². The first kappa shape index (κ1) is 14.6. The average Bonchev–Trinajstić information content (AvgIpc) is 2.48. The third kappa shape index (κ3) is 2.71. The highest BCUT2D eigenvalue weighted by atomic mass is 16.3. The zero-order valence-electron chi connectivity index (χ0n) is 13.1. The lowest BCUT2D eigenvalue weighted by Gasteiger charge is -2.47. The van der Waals surface area contributed by atoms with Crippen LogP contribution in [0.4, 0.5) is 0 Å². The molecule has 114 valence electrons. The smallest absolute Gasteiger partial charge is 0.253 e. The van der Waals surface area contributed by atoms with Gasteiger partial charge in [0.05, 0.1) is 5.60 Å².